The molecule has 2 N–H and O–H groups in total. The maximum Gasteiger partial charge on any atom is 0.303 e. The van der Waals surface area contributed by atoms with Gasteiger partial charge in [-0.05, 0) is 49.9 Å². The van der Waals surface area contributed by atoms with E-state index in [9.17, 15) is 9.59 Å². The number of amides is 1. The van der Waals surface area contributed by atoms with E-state index < -0.39 is 5.97 Å². The van der Waals surface area contributed by atoms with Gasteiger partial charge in [0.15, 0.2) is 0 Å². The number of benzene rings is 1. The number of rotatable bonds is 7. The summed E-state index contributed by atoms with van der Waals surface area (Å²) in [5.74, 6) is 0.00519. The molecule has 0 aliphatic carbocycles. The van der Waals surface area contributed by atoms with Crippen LogP contribution in [0.5, 0.6) is 0 Å². The highest BCUT2D eigenvalue weighted by molar-refractivity contribution is 6.22. The van der Waals surface area contributed by atoms with Crippen LogP contribution in [-0.4, -0.2) is 54.7 Å². The van der Waals surface area contributed by atoms with Crippen LogP contribution in [0.2, 0.25) is 0 Å². The number of halogens is 1. The van der Waals surface area contributed by atoms with Crippen molar-refractivity contribution in [3.8, 4) is 0 Å². The summed E-state index contributed by atoms with van der Waals surface area (Å²) in [6, 6.07) is 8.08. The Labute approximate surface area is 166 Å². The zero-order valence-corrected chi connectivity index (χ0v) is 16.4. The first kappa shape index (κ1) is 21.3. The third-order valence-corrected chi connectivity index (χ3v) is 5.16. The van der Waals surface area contributed by atoms with Gasteiger partial charge >= 0.3 is 5.97 Å². The molecular formula is C20H27ClN2O4. The van der Waals surface area contributed by atoms with E-state index in [1.807, 2.05) is 29.2 Å². The van der Waals surface area contributed by atoms with Crippen LogP contribution in [0.1, 0.15) is 36.8 Å². The molecule has 0 atom stereocenters. The molecule has 0 bridgehead atoms. The van der Waals surface area contributed by atoms with Gasteiger partial charge in [0.05, 0.1) is 19.2 Å². The molecule has 1 saturated heterocycles. The first-order valence-electron chi connectivity index (χ1n) is 9.20. The van der Waals surface area contributed by atoms with Gasteiger partial charge in [-0.3, -0.25) is 9.59 Å². The number of aliphatic carboxylic acids is 1. The topological polar surface area (TPSA) is 78.9 Å². The molecule has 0 saturated carbocycles. The molecule has 2 heterocycles. The van der Waals surface area contributed by atoms with Crippen molar-refractivity contribution in [3.63, 3.8) is 0 Å². The van der Waals surface area contributed by atoms with Crippen LogP contribution in [0, 0.1) is 0 Å². The highest BCUT2D eigenvalue weighted by Gasteiger charge is 2.36. The number of hydrogen-bond acceptors (Lipinski definition) is 4. The lowest BCUT2D eigenvalue weighted by Gasteiger charge is -2.31. The summed E-state index contributed by atoms with van der Waals surface area (Å²) in [6.07, 6.45) is 3.45. The number of piperidine rings is 1. The van der Waals surface area contributed by atoms with Crippen LogP contribution in [-0.2, 0) is 20.7 Å². The maximum atomic E-state index is 13.0. The number of aryl methyl sites for hydroxylation is 1. The van der Waals surface area contributed by atoms with Crippen molar-refractivity contribution in [2.45, 2.75) is 38.1 Å². The lowest BCUT2D eigenvalue weighted by atomic mass is 10.0. The number of nitrogens with one attached hydrogen (secondary N) is 1. The maximum absolute atomic E-state index is 13.0. The van der Waals surface area contributed by atoms with Crippen LogP contribution < -0.4 is 5.32 Å². The second kappa shape index (κ2) is 9.76. The van der Waals surface area contributed by atoms with Gasteiger partial charge in [0.2, 0.25) is 0 Å². The Balaban J connectivity index is 0.00000261. The molecule has 2 aliphatic heterocycles. The number of methoxy groups -OCH3 is 1. The summed E-state index contributed by atoms with van der Waals surface area (Å²) in [7, 11) is 1.62. The largest absolute Gasteiger partial charge is 0.498 e. The molecule has 3 rings (SSSR count). The molecule has 0 spiro atoms. The molecular weight excluding hydrogens is 368 g/mol. The van der Waals surface area contributed by atoms with Gasteiger partial charge < -0.3 is 20.1 Å². The van der Waals surface area contributed by atoms with E-state index in [1.165, 1.54) is 0 Å². The monoisotopic (exact) mass is 394 g/mol. The molecule has 1 amide bonds. The first-order chi connectivity index (χ1) is 12.6. The van der Waals surface area contributed by atoms with E-state index in [2.05, 4.69) is 5.32 Å². The van der Waals surface area contributed by atoms with Gasteiger partial charge in [0, 0.05) is 12.5 Å². The van der Waals surface area contributed by atoms with Gasteiger partial charge in [0.1, 0.15) is 5.76 Å². The molecule has 2 aliphatic rings. The standard InChI is InChI=1S/C20H26N2O4.ClH/c1-26-17-13-22(16-9-11-21-12-10-16)20(25)19(17)15-7-5-14(6-8-15)3-2-4-18(23)24;/h5-8,16,21H,2-4,9-13H2,1H3,(H,23,24);1H. The Morgan fingerprint density at radius 3 is 2.52 bits per heavy atom. The van der Waals surface area contributed by atoms with Crippen LogP contribution in [0.3, 0.4) is 0 Å². The average Bonchev–Trinajstić information content (AvgIpc) is 2.99. The molecule has 148 valence electrons. The van der Waals surface area contributed by atoms with Crippen molar-refractivity contribution in [3.05, 3.63) is 41.2 Å². The second-order valence-corrected chi connectivity index (χ2v) is 6.86. The van der Waals surface area contributed by atoms with E-state index in [-0.39, 0.29) is 30.8 Å². The van der Waals surface area contributed by atoms with Crippen molar-refractivity contribution in [1.82, 2.24) is 10.2 Å². The minimum absolute atomic E-state index is 0. The number of carboxylic acid groups (broad SMARTS) is 1. The summed E-state index contributed by atoms with van der Waals surface area (Å²) < 4.78 is 5.53. The number of nitrogens with zero attached hydrogens (tertiary/aromatic N) is 1. The average molecular weight is 395 g/mol. The smallest absolute Gasteiger partial charge is 0.303 e. The van der Waals surface area contributed by atoms with Crippen molar-refractivity contribution in [2.75, 3.05) is 26.7 Å². The van der Waals surface area contributed by atoms with Crippen LogP contribution >= 0.6 is 12.4 Å². The number of carbonyl (C=O) groups excluding carboxylic acids is 1. The Morgan fingerprint density at radius 1 is 1.26 bits per heavy atom. The lowest BCUT2D eigenvalue weighted by molar-refractivity contribution is -0.137. The summed E-state index contributed by atoms with van der Waals surface area (Å²) >= 11 is 0. The van der Waals surface area contributed by atoms with E-state index in [1.54, 1.807) is 7.11 Å². The minimum atomic E-state index is -0.772. The molecule has 1 aromatic rings. The predicted molar refractivity (Wildman–Crippen MR) is 106 cm³/mol. The van der Waals surface area contributed by atoms with E-state index in [0.717, 1.165) is 49.2 Å². The summed E-state index contributed by atoms with van der Waals surface area (Å²) in [5.41, 5.74) is 2.60. The second-order valence-electron chi connectivity index (χ2n) is 6.86. The van der Waals surface area contributed by atoms with Crippen LogP contribution in [0.25, 0.3) is 5.57 Å². The van der Waals surface area contributed by atoms with Crippen molar-refractivity contribution >= 4 is 29.9 Å². The number of carbonyl (C=O) groups is 2. The Bertz CT molecular complexity index is 696. The third-order valence-electron chi connectivity index (χ3n) is 5.16. The minimum Gasteiger partial charge on any atom is -0.498 e. The van der Waals surface area contributed by atoms with Crippen LogP contribution in [0.15, 0.2) is 30.0 Å². The molecule has 0 unspecified atom stereocenters. The first-order valence-corrected chi connectivity index (χ1v) is 9.20. The molecule has 6 nitrogen and oxygen atoms in total. The van der Waals surface area contributed by atoms with Gasteiger partial charge in [-0.25, -0.2) is 0 Å². The fraction of sp³-hybridized carbons (Fsp3) is 0.500. The fourth-order valence-corrected chi connectivity index (χ4v) is 3.71. The third kappa shape index (κ3) is 5.02. The van der Waals surface area contributed by atoms with E-state index in [0.29, 0.717) is 18.5 Å². The quantitative estimate of drug-likeness (QED) is 0.742. The van der Waals surface area contributed by atoms with Gasteiger partial charge in [-0.2, -0.15) is 0 Å². The van der Waals surface area contributed by atoms with Gasteiger partial charge in [-0.15, -0.1) is 12.4 Å². The summed E-state index contributed by atoms with van der Waals surface area (Å²) in [6.45, 7) is 2.42. The molecule has 1 aromatic carbocycles. The van der Waals surface area contributed by atoms with Crippen molar-refractivity contribution < 1.29 is 19.4 Å². The Kier molecular flexibility index (Phi) is 7.68. The predicted octanol–water partition coefficient (Wildman–Crippen LogP) is 2.47. The van der Waals surface area contributed by atoms with Crippen LogP contribution in [0.4, 0.5) is 0 Å². The number of hydrogen-bond donors (Lipinski definition) is 2. The highest BCUT2D eigenvalue weighted by atomic mass is 35.5. The molecule has 1 fully saturated rings. The van der Waals surface area contributed by atoms with Crippen molar-refractivity contribution in [1.29, 1.82) is 0 Å². The van der Waals surface area contributed by atoms with E-state index in [4.69, 9.17) is 9.84 Å². The molecule has 0 aromatic heterocycles. The zero-order chi connectivity index (χ0) is 18.5. The highest BCUT2D eigenvalue weighted by Crippen LogP contribution is 2.32. The van der Waals surface area contributed by atoms with Gasteiger partial charge in [-0.1, -0.05) is 24.3 Å². The normalized spacial score (nSPS) is 17.8. The van der Waals surface area contributed by atoms with E-state index >= 15 is 0 Å². The Morgan fingerprint density at radius 2 is 1.93 bits per heavy atom. The molecule has 27 heavy (non-hydrogen) atoms. The molecule has 0 radical (unpaired) electrons. The SMILES string of the molecule is COC1=C(c2ccc(CCCC(=O)O)cc2)C(=O)N(C2CCNCC2)C1.Cl. The summed E-state index contributed by atoms with van der Waals surface area (Å²) in [5, 5.41) is 12.1. The zero-order valence-electron chi connectivity index (χ0n) is 15.6. The van der Waals surface area contributed by atoms with Gasteiger partial charge in [0.25, 0.3) is 5.91 Å². The van der Waals surface area contributed by atoms with Crippen molar-refractivity contribution in [2.24, 2.45) is 0 Å². The summed E-state index contributed by atoms with van der Waals surface area (Å²) in [4.78, 5) is 25.6. The Hall–Kier alpha value is -2.05. The number of ether oxygens (including phenoxy) is 1. The fourth-order valence-electron chi connectivity index (χ4n) is 3.71. The molecule has 7 heteroatoms. The number of carboxylic acids is 1. The lowest BCUT2D eigenvalue weighted by Crippen LogP contribution is -2.44.